The smallest absolute Gasteiger partial charge is 0.410 e. The number of ether oxygens (including phenoxy) is 2. The highest BCUT2D eigenvalue weighted by Crippen LogP contribution is 2.45. The van der Waals surface area contributed by atoms with Gasteiger partial charge in [0.2, 0.25) is 27.7 Å². The highest BCUT2D eigenvalue weighted by molar-refractivity contribution is 7.91. The van der Waals surface area contributed by atoms with E-state index in [0.717, 1.165) is 18.9 Å². The van der Waals surface area contributed by atoms with Crippen LogP contribution in [0.5, 0.6) is 0 Å². The Labute approximate surface area is 317 Å². The molecule has 3 aliphatic carbocycles. The number of sulfonamides is 1. The number of hydrogen-bond donors (Lipinski definition) is 3. The molecule has 2 saturated heterocycles. The number of amides is 6. The standard InChI is InChI=1S/C37H45FN6O10S/c1-3-23-15-37(23,34(48)41-55(51,52)26-12-13-26)40-32(46)29-14-25(54-36(50)43-16-21-8-7-11-28(38)27(21)20-43)19-44(29)33(47)31(22-17-42(18-22)30(45)4-2)39-35(49)53-24-9-5-6-10-24/h3-4,7-8,11,22-26,29,31H,1-2,5-6,9-10,12-20H2,(H,39,49)(H,40,46)(H,41,48). The minimum atomic E-state index is -3.96. The summed E-state index contributed by atoms with van der Waals surface area (Å²) in [6.45, 7) is 7.19. The lowest BCUT2D eigenvalue weighted by Gasteiger charge is -2.43. The summed E-state index contributed by atoms with van der Waals surface area (Å²) in [4.78, 5) is 85.1. The Bertz CT molecular complexity index is 1910. The van der Waals surface area contributed by atoms with Gasteiger partial charge in [0.1, 0.15) is 35.6 Å². The summed E-state index contributed by atoms with van der Waals surface area (Å²) in [7, 11) is -3.96. The number of likely N-dealkylation sites (tertiary alicyclic amines) is 2. The molecule has 18 heteroatoms. The van der Waals surface area contributed by atoms with Crippen LogP contribution in [0.4, 0.5) is 14.0 Å². The SMILES string of the molecule is C=CC(=O)N1CC(C(NC(=O)OC2CCCC2)C(=O)N2CC(OC(=O)N3Cc4cccc(F)c4C3)CC2C(=O)NC2(C(=O)NS(=O)(=O)C3CC3)CC2C=C)C1. The lowest BCUT2D eigenvalue weighted by Crippen LogP contribution is -2.64. The van der Waals surface area contributed by atoms with Gasteiger partial charge in [-0.25, -0.2) is 22.4 Å². The fourth-order valence-corrected chi connectivity index (χ4v) is 9.40. The van der Waals surface area contributed by atoms with Gasteiger partial charge < -0.3 is 29.9 Å². The molecule has 6 amide bonds. The number of rotatable bonds is 12. The zero-order valence-corrected chi connectivity index (χ0v) is 31.1. The van der Waals surface area contributed by atoms with Crippen LogP contribution >= 0.6 is 0 Å². The van der Waals surface area contributed by atoms with E-state index >= 15 is 0 Å². The van der Waals surface area contributed by atoms with Gasteiger partial charge in [-0.2, -0.15) is 0 Å². The summed E-state index contributed by atoms with van der Waals surface area (Å²) in [6.07, 6.45) is 3.40. The lowest BCUT2D eigenvalue weighted by molar-refractivity contribution is -0.145. The third-order valence-corrected chi connectivity index (χ3v) is 13.4. The first-order valence-electron chi connectivity index (χ1n) is 18.6. The van der Waals surface area contributed by atoms with Crippen molar-refractivity contribution in [2.45, 2.75) is 99.5 Å². The Morgan fingerprint density at radius 3 is 2.31 bits per heavy atom. The van der Waals surface area contributed by atoms with Gasteiger partial charge in [0.25, 0.3) is 5.91 Å². The van der Waals surface area contributed by atoms with Crippen molar-refractivity contribution >= 4 is 45.8 Å². The van der Waals surface area contributed by atoms with Crippen LogP contribution in [0, 0.1) is 17.7 Å². The third kappa shape index (κ3) is 7.77. The van der Waals surface area contributed by atoms with Gasteiger partial charge in [0.15, 0.2) is 0 Å². The summed E-state index contributed by atoms with van der Waals surface area (Å²) >= 11 is 0. The van der Waals surface area contributed by atoms with Crippen molar-refractivity contribution < 1.29 is 51.0 Å². The Kier molecular flexibility index (Phi) is 10.4. The van der Waals surface area contributed by atoms with Gasteiger partial charge in [0, 0.05) is 43.5 Å². The second-order valence-electron chi connectivity index (χ2n) is 15.3. The van der Waals surface area contributed by atoms with E-state index in [4.69, 9.17) is 9.47 Å². The number of alkyl carbamates (subject to hydrolysis) is 1. The molecule has 0 aromatic heterocycles. The van der Waals surface area contributed by atoms with Crippen molar-refractivity contribution in [1.29, 1.82) is 0 Å². The molecule has 5 fully saturated rings. The van der Waals surface area contributed by atoms with E-state index in [0.29, 0.717) is 36.8 Å². The maximum atomic E-state index is 14.6. The molecule has 55 heavy (non-hydrogen) atoms. The van der Waals surface area contributed by atoms with Crippen LogP contribution in [-0.4, -0.2) is 114 Å². The number of carbonyl (C=O) groups is 6. The summed E-state index contributed by atoms with van der Waals surface area (Å²) in [5.74, 6) is -4.45. The number of nitrogens with zero attached hydrogens (tertiary/aromatic N) is 3. The van der Waals surface area contributed by atoms with E-state index in [2.05, 4.69) is 28.5 Å². The zero-order valence-electron chi connectivity index (χ0n) is 30.2. The molecule has 5 unspecified atom stereocenters. The number of nitrogens with one attached hydrogen (secondary N) is 3. The van der Waals surface area contributed by atoms with E-state index in [9.17, 15) is 41.6 Å². The second kappa shape index (κ2) is 14.9. The molecule has 1 aromatic carbocycles. The third-order valence-electron chi connectivity index (χ3n) is 11.5. The quantitative estimate of drug-likeness (QED) is 0.207. The van der Waals surface area contributed by atoms with Crippen LogP contribution in [-0.2, 0) is 51.8 Å². The molecule has 6 aliphatic rings. The Hall–Kier alpha value is -5.00. The highest BCUT2D eigenvalue weighted by Gasteiger charge is 2.62. The average Bonchev–Trinajstić information content (AvgIpc) is 3.92. The largest absolute Gasteiger partial charge is 0.446 e. The maximum Gasteiger partial charge on any atom is 0.410 e. The number of benzene rings is 1. The number of hydrogen-bond acceptors (Lipinski definition) is 10. The fraction of sp³-hybridized carbons (Fsp3) is 0.568. The lowest BCUT2D eigenvalue weighted by atomic mass is 9.90. The van der Waals surface area contributed by atoms with Crippen molar-refractivity contribution in [2.75, 3.05) is 19.6 Å². The molecule has 7 rings (SSSR count). The van der Waals surface area contributed by atoms with Gasteiger partial charge in [0.05, 0.1) is 18.3 Å². The van der Waals surface area contributed by atoms with Crippen molar-refractivity contribution in [1.82, 2.24) is 30.1 Å². The molecule has 1 aromatic rings. The van der Waals surface area contributed by atoms with Crippen LogP contribution in [0.2, 0.25) is 0 Å². The van der Waals surface area contributed by atoms with Crippen molar-refractivity contribution in [3.63, 3.8) is 0 Å². The van der Waals surface area contributed by atoms with Crippen LogP contribution in [0.1, 0.15) is 62.5 Å². The summed E-state index contributed by atoms with van der Waals surface area (Å²) in [5.41, 5.74) is -0.678. The molecule has 3 saturated carbocycles. The van der Waals surface area contributed by atoms with Crippen molar-refractivity contribution in [3.05, 3.63) is 60.5 Å². The Balaban J connectivity index is 1.12. The molecule has 3 heterocycles. The molecule has 296 valence electrons. The fourth-order valence-electron chi connectivity index (χ4n) is 8.03. The monoisotopic (exact) mass is 784 g/mol. The van der Waals surface area contributed by atoms with Crippen molar-refractivity contribution in [2.24, 2.45) is 11.8 Å². The summed E-state index contributed by atoms with van der Waals surface area (Å²) in [6, 6.07) is 1.95. The first-order chi connectivity index (χ1) is 26.2. The minimum absolute atomic E-state index is 0.0405. The normalized spacial score (nSPS) is 26.6. The Morgan fingerprint density at radius 2 is 1.67 bits per heavy atom. The highest BCUT2D eigenvalue weighted by atomic mass is 32.2. The van der Waals surface area contributed by atoms with Crippen LogP contribution in [0.25, 0.3) is 0 Å². The Morgan fingerprint density at radius 1 is 0.945 bits per heavy atom. The molecule has 0 radical (unpaired) electrons. The van der Waals surface area contributed by atoms with Gasteiger partial charge in [-0.3, -0.25) is 28.8 Å². The van der Waals surface area contributed by atoms with E-state index in [1.54, 1.807) is 12.1 Å². The average molecular weight is 785 g/mol. The zero-order chi connectivity index (χ0) is 39.2. The summed E-state index contributed by atoms with van der Waals surface area (Å²) in [5, 5.41) is 4.66. The predicted molar refractivity (Wildman–Crippen MR) is 191 cm³/mol. The van der Waals surface area contributed by atoms with E-state index in [1.165, 1.54) is 26.8 Å². The molecule has 5 atom stereocenters. The minimum Gasteiger partial charge on any atom is -0.446 e. The van der Waals surface area contributed by atoms with E-state index in [1.807, 2.05) is 0 Å². The molecular weight excluding hydrogens is 740 g/mol. The van der Waals surface area contributed by atoms with E-state index < -0.39 is 86.6 Å². The van der Waals surface area contributed by atoms with E-state index in [-0.39, 0.29) is 57.6 Å². The first-order valence-corrected chi connectivity index (χ1v) is 20.2. The van der Waals surface area contributed by atoms with Crippen LogP contribution in [0.3, 0.4) is 0 Å². The predicted octanol–water partition coefficient (Wildman–Crippen LogP) is 1.60. The number of halogens is 1. The van der Waals surface area contributed by atoms with Gasteiger partial charge in [-0.15, -0.1) is 6.58 Å². The summed E-state index contributed by atoms with van der Waals surface area (Å²) < 4.78 is 53.3. The molecule has 16 nitrogen and oxygen atoms in total. The first kappa shape index (κ1) is 38.3. The molecule has 3 aliphatic heterocycles. The number of fused-ring (bicyclic) bond motifs is 1. The molecule has 0 spiro atoms. The van der Waals surface area contributed by atoms with Crippen LogP contribution < -0.4 is 15.4 Å². The maximum absolute atomic E-state index is 14.6. The van der Waals surface area contributed by atoms with Gasteiger partial charge in [-0.05, 0) is 62.7 Å². The second-order valence-corrected chi connectivity index (χ2v) is 17.3. The van der Waals surface area contributed by atoms with Crippen molar-refractivity contribution in [3.8, 4) is 0 Å². The van der Waals surface area contributed by atoms with Crippen LogP contribution in [0.15, 0.2) is 43.5 Å². The molecule has 0 bridgehead atoms. The topological polar surface area (TPSA) is 201 Å². The molecule has 3 N–H and O–H groups in total. The number of carbonyl (C=O) groups excluding carboxylic acids is 6. The molecular formula is C37H45FN6O10S. The van der Waals surface area contributed by atoms with Gasteiger partial charge >= 0.3 is 12.2 Å². The van der Waals surface area contributed by atoms with Gasteiger partial charge in [-0.1, -0.05) is 24.8 Å².